The van der Waals surface area contributed by atoms with Crippen molar-refractivity contribution in [2.24, 2.45) is 5.73 Å². The second-order valence-electron chi connectivity index (χ2n) is 4.45. The predicted octanol–water partition coefficient (Wildman–Crippen LogP) is 0.170. The molecule has 1 heterocycles. The number of amides is 1. The molecule has 0 aromatic heterocycles. The first-order valence-electron chi connectivity index (χ1n) is 6.31. The van der Waals surface area contributed by atoms with Crippen LogP contribution in [0.1, 0.15) is 26.7 Å². The molecule has 1 fully saturated rings. The fourth-order valence-electron chi connectivity index (χ4n) is 2.43. The third-order valence-electron chi connectivity index (χ3n) is 3.48. The van der Waals surface area contributed by atoms with E-state index in [1.54, 1.807) is 0 Å². The van der Waals surface area contributed by atoms with Gasteiger partial charge in [0.05, 0.1) is 18.2 Å². The zero-order chi connectivity index (χ0) is 12.8. The number of hydrogen-bond donors (Lipinski definition) is 1. The van der Waals surface area contributed by atoms with Gasteiger partial charge in [-0.05, 0) is 12.8 Å². The highest BCUT2D eigenvalue weighted by Gasteiger charge is 2.28. The van der Waals surface area contributed by atoms with Crippen LogP contribution in [0.25, 0.3) is 0 Å². The Hall–Kier alpha value is -1.12. The Morgan fingerprint density at radius 2 is 1.76 bits per heavy atom. The van der Waals surface area contributed by atoms with Gasteiger partial charge in [-0.1, -0.05) is 13.8 Å². The monoisotopic (exact) mass is 238 g/mol. The zero-order valence-electron chi connectivity index (χ0n) is 10.7. The number of nitriles is 1. The Morgan fingerprint density at radius 3 is 2.12 bits per heavy atom. The number of carbonyl (C=O) groups is 1. The minimum Gasteiger partial charge on any atom is -0.368 e. The lowest BCUT2D eigenvalue weighted by Gasteiger charge is -2.39. The first-order valence-corrected chi connectivity index (χ1v) is 6.31. The van der Waals surface area contributed by atoms with E-state index in [0.717, 1.165) is 39.0 Å². The van der Waals surface area contributed by atoms with Crippen LogP contribution < -0.4 is 5.73 Å². The van der Waals surface area contributed by atoms with E-state index in [1.807, 2.05) is 13.8 Å². The average Bonchev–Trinajstić information content (AvgIpc) is 2.33. The van der Waals surface area contributed by atoms with Gasteiger partial charge < -0.3 is 5.73 Å². The van der Waals surface area contributed by atoms with Gasteiger partial charge in [0, 0.05) is 26.2 Å². The van der Waals surface area contributed by atoms with E-state index in [2.05, 4.69) is 15.9 Å². The van der Waals surface area contributed by atoms with Crippen LogP contribution >= 0.6 is 0 Å². The summed E-state index contributed by atoms with van der Waals surface area (Å²) in [4.78, 5) is 15.6. The number of rotatable bonds is 5. The number of piperazine rings is 1. The Balaban J connectivity index is 2.50. The standard InChI is InChI=1S/C12H22N4O/c1-3-10(9-13)15-5-7-16(8-6-15)11(4-2)12(14)17/h10-11H,3-8H2,1-2H3,(H2,14,17). The Labute approximate surface area is 103 Å². The molecule has 1 rings (SSSR count). The van der Waals surface area contributed by atoms with Gasteiger partial charge in [0.2, 0.25) is 5.91 Å². The second kappa shape index (κ2) is 6.58. The molecule has 1 saturated heterocycles. The molecule has 0 saturated carbocycles. The van der Waals surface area contributed by atoms with E-state index >= 15 is 0 Å². The lowest BCUT2D eigenvalue weighted by atomic mass is 10.1. The molecule has 5 heteroatoms. The molecule has 0 aromatic carbocycles. The summed E-state index contributed by atoms with van der Waals surface area (Å²) in [6, 6.07) is 2.17. The number of nitrogens with two attached hydrogens (primary N) is 1. The van der Waals surface area contributed by atoms with E-state index in [4.69, 9.17) is 11.0 Å². The third-order valence-corrected chi connectivity index (χ3v) is 3.48. The molecule has 96 valence electrons. The first-order chi connectivity index (χ1) is 8.13. The summed E-state index contributed by atoms with van der Waals surface area (Å²) in [6.07, 6.45) is 1.61. The number of primary amides is 1. The van der Waals surface area contributed by atoms with Gasteiger partial charge in [-0.25, -0.2) is 0 Å². The molecule has 0 bridgehead atoms. The molecule has 2 N–H and O–H groups in total. The maximum absolute atomic E-state index is 11.3. The van der Waals surface area contributed by atoms with Crippen molar-refractivity contribution in [1.82, 2.24) is 9.80 Å². The first kappa shape index (κ1) is 13.9. The van der Waals surface area contributed by atoms with E-state index in [9.17, 15) is 4.79 Å². The maximum atomic E-state index is 11.3. The highest BCUT2D eigenvalue weighted by molar-refractivity contribution is 5.79. The highest BCUT2D eigenvalue weighted by atomic mass is 16.1. The Kier molecular flexibility index (Phi) is 5.39. The molecule has 0 spiro atoms. The maximum Gasteiger partial charge on any atom is 0.234 e. The van der Waals surface area contributed by atoms with E-state index in [-0.39, 0.29) is 18.0 Å². The van der Waals surface area contributed by atoms with Crippen LogP contribution in [0.3, 0.4) is 0 Å². The quantitative estimate of drug-likeness (QED) is 0.741. The van der Waals surface area contributed by atoms with E-state index in [1.165, 1.54) is 0 Å². The van der Waals surface area contributed by atoms with Gasteiger partial charge in [0.25, 0.3) is 0 Å². The van der Waals surface area contributed by atoms with Crippen molar-refractivity contribution >= 4 is 5.91 Å². The van der Waals surface area contributed by atoms with E-state index < -0.39 is 0 Å². The van der Waals surface area contributed by atoms with Gasteiger partial charge in [-0.3, -0.25) is 14.6 Å². The fourth-order valence-corrected chi connectivity index (χ4v) is 2.43. The van der Waals surface area contributed by atoms with E-state index in [0.29, 0.717) is 0 Å². The summed E-state index contributed by atoms with van der Waals surface area (Å²) in [6.45, 7) is 7.33. The van der Waals surface area contributed by atoms with Gasteiger partial charge >= 0.3 is 0 Å². The van der Waals surface area contributed by atoms with Crippen molar-refractivity contribution in [3.8, 4) is 6.07 Å². The molecule has 0 aliphatic carbocycles. The highest BCUT2D eigenvalue weighted by Crippen LogP contribution is 2.12. The van der Waals surface area contributed by atoms with Gasteiger partial charge in [0.15, 0.2) is 0 Å². The summed E-state index contributed by atoms with van der Waals surface area (Å²) in [7, 11) is 0. The molecule has 0 aromatic rings. The van der Waals surface area contributed by atoms with Crippen LogP contribution in [-0.4, -0.2) is 54.0 Å². The molecule has 1 amide bonds. The van der Waals surface area contributed by atoms with Crippen molar-refractivity contribution in [1.29, 1.82) is 5.26 Å². The van der Waals surface area contributed by atoms with Crippen molar-refractivity contribution < 1.29 is 4.79 Å². The van der Waals surface area contributed by atoms with Crippen LogP contribution in [-0.2, 0) is 4.79 Å². The summed E-state index contributed by atoms with van der Waals surface area (Å²) < 4.78 is 0. The van der Waals surface area contributed by atoms with Crippen LogP contribution in [0.4, 0.5) is 0 Å². The van der Waals surface area contributed by atoms with Crippen molar-refractivity contribution in [3.05, 3.63) is 0 Å². The largest absolute Gasteiger partial charge is 0.368 e. The SMILES string of the molecule is CCC(C#N)N1CCN(C(CC)C(N)=O)CC1. The predicted molar refractivity (Wildman–Crippen MR) is 66.1 cm³/mol. The lowest BCUT2D eigenvalue weighted by Crippen LogP contribution is -2.55. The molecule has 1 aliphatic heterocycles. The average molecular weight is 238 g/mol. The normalized spacial score (nSPS) is 21.7. The smallest absolute Gasteiger partial charge is 0.234 e. The zero-order valence-corrected chi connectivity index (χ0v) is 10.7. The minimum atomic E-state index is -0.242. The van der Waals surface area contributed by atoms with Gasteiger partial charge in [-0.15, -0.1) is 0 Å². The fraction of sp³-hybridized carbons (Fsp3) is 0.833. The summed E-state index contributed by atoms with van der Waals surface area (Å²) in [5, 5.41) is 9.01. The minimum absolute atomic E-state index is 0.00537. The summed E-state index contributed by atoms with van der Waals surface area (Å²) >= 11 is 0. The number of hydrogen-bond acceptors (Lipinski definition) is 4. The molecule has 5 nitrogen and oxygen atoms in total. The van der Waals surface area contributed by atoms with Crippen molar-refractivity contribution in [3.63, 3.8) is 0 Å². The van der Waals surface area contributed by atoms with Gasteiger partial charge in [-0.2, -0.15) is 5.26 Å². The molecule has 2 atom stereocenters. The second-order valence-corrected chi connectivity index (χ2v) is 4.45. The summed E-state index contributed by atoms with van der Waals surface area (Å²) in [5.41, 5.74) is 5.38. The van der Waals surface area contributed by atoms with Gasteiger partial charge in [0.1, 0.15) is 0 Å². The molecule has 17 heavy (non-hydrogen) atoms. The number of carbonyl (C=O) groups excluding carboxylic acids is 1. The Bertz CT molecular complexity index is 291. The van der Waals surface area contributed by atoms with Crippen LogP contribution in [0, 0.1) is 11.3 Å². The molecule has 0 radical (unpaired) electrons. The van der Waals surface area contributed by atoms with Crippen molar-refractivity contribution in [2.45, 2.75) is 38.8 Å². The molecular formula is C12H22N4O. The molecular weight excluding hydrogens is 216 g/mol. The number of nitrogens with zero attached hydrogens (tertiary/aromatic N) is 3. The topological polar surface area (TPSA) is 73.4 Å². The summed E-state index contributed by atoms with van der Waals surface area (Å²) in [5.74, 6) is -0.242. The van der Waals surface area contributed by atoms with Crippen LogP contribution in [0.2, 0.25) is 0 Å². The molecule has 2 unspecified atom stereocenters. The van der Waals surface area contributed by atoms with Crippen LogP contribution in [0.5, 0.6) is 0 Å². The molecule has 1 aliphatic rings. The third kappa shape index (κ3) is 3.42. The van der Waals surface area contributed by atoms with Crippen LogP contribution in [0.15, 0.2) is 0 Å². The lowest BCUT2D eigenvalue weighted by molar-refractivity contribution is -0.124. The van der Waals surface area contributed by atoms with Crippen molar-refractivity contribution in [2.75, 3.05) is 26.2 Å². The Morgan fingerprint density at radius 1 is 1.24 bits per heavy atom.